The molecule has 9 nitrogen and oxygen atoms in total. The van der Waals surface area contributed by atoms with Crippen LogP contribution in [0.3, 0.4) is 0 Å². The van der Waals surface area contributed by atoms with Gasteiger partial charge in [0, 0.05) is 43.3 Å². The summed E-state index contributed by atoms with van der Waals surface area (Å²) >= 11 is 0. The van der Waals surface area contributed by atoms with Gasteiger partial charge in [0.05, 0.1) is 18.4 Å². The molecule has 3 fully saturated rings. The molecule has 0 aromatic carbocycles. The summed E-state index contributed by atoms with van der Waals surface area (Å²) in [4.78, 5) is 27.5. The van der Waals surface area contributed by atoms with Crippen LogP contribution < -0.4 is 4.90 Å². The fourth-order valence-electron chi connectivity index (χ4n) is 4.61. The van der Waals surface area contributed by atoms with Crippen LogP contribution in [0.5, 0.6) is 0 Å². The third kappa shape index (κ3) is 3.65. The van der Waals surface area contributed by atoms with E-state index in [1.54, 1.807) is 15.9 Å². The van der Waals surface area contributed by atoms with Gasteiger partial charge in [-0.05, 0) is 51.7 Å². The molecule has 32 heavy (non-hydrogen) atoms. The molecular weight excluding hydrogens is 404 g/mol. The third-order valence-electron chi connectivity index (χ3n) is 6.82. The quantitative estimate of drug-likeness (QED) is 0.514. The van der Waals surface area contributed by atoms with Gasteiger partial charge < -0.3 is 14.4 Å². The third-order valence-corrected chi connectivity index (χ3v) is 6.82. The number of urea groups is 1. The largest absolute Gasteiger partial charge is 0.334 e. The van der Waals surface area contributed by atoms with Crippen LogP contribution in [0.4, 0.5) is 10.6 Å². The summed E-state index contributed by atoms with van der Waals surface area (Å²) in [6.07, 6.45) is 9.72. The Balaban J connectivity index is 1.23. The van der Waals surface area contributed by atoms with E-state index in [2.05, 4.69) is 20.7 Å². The minimum atomic E-state index is -0.0169. The molecule has 2 saturated carbocycles. The molecule has 2 amide bonds. The fourth-order valence-corrected chi connectivity index (χ4v) is 4.61. The van der Waals surface area contributed by atoms with Crippen molar-refractivity contribution in [1.29, 1.82) is 10.8 Å². The lowest BCUT2D eigenvalue weighted by Crippen LogP contribution is -2.47. The maximum atomic E-state index is 13.2. The van der Waals surface area contributed by atoms with Gasteiger partial charge >= 0.3 is 6.03 Å². The normalized spacial score (nSPS) is 22.9. The second-order valence-corrected chi connectivity index (χ2v) is 9.29. The van der Waals surface area contributed by atoms with Gasteiger partial charge in [-0.25, -0.2) is 14.8 Å². The molecule has 5 rings (SSSR count). The minimum Gasteiger partial charge on any atom is -0.334 e. The summed E-state index contributed by atoms with van der Waals surface area (Å²) in [5.41, 5.74) is 1.67. The Labute approximate surface area is 188 Å². The fraction of sp³-hybridized carbons (Fsp3) is 0.522. The van der Waals surface area contributed by atoms with Gasteiger partial charge in [-0.1, -0.05) is 6.07 Å². The lowest BCUT2D eigenvalue weighted by Gasteiger charge is -2.41. The van der Waals surface area contributed by atoms with E-state index >= 15 is 0 Å². The minimum absolute atomic E-state index is 0.0123. The molecule has 0 bridgehead atoms. The molecule has 1 aliphatic heterocycles. The molecule has 2 aromatic rings. The summed E-state index contributed by atoms with van der Waals surface area (Å²) in [5, 5.41) is 16.0. The zero-order valence-electron chi connectivity index (χ0n) is 18.6. The maximum absolute atomic E-state index is 13.2. The lowest BCUT2D eigenvalue weighted by atomic mass is 9.85. The number of aromatic nitrogens is 3. The highest BCUT2D eigenvalue weighted by atomic mass is 16.2. The summed E-state index contributed by atoms with van der Waals surface area (Å²) in [5.74, 6) is 1.39. The SMILES string of the molecule is CC(C)N(C=N)C(=N)c1cccc(N2CCN(C3CC(n4cnc(C5CC5)c4)C3)C2=O)n1. The average Bonchev–Trinajstić information content (AvgIpc) is 3.38. The highest BCUT2D eigenvalue weighted by Gasteiger charge is 2.42. The van der Waals surface area contributed by atoms with E-state index in [4.69, 9.17) is 10.8 Å². The Kier molecular flexibility index (Phi) is 5.19. The number of anilines is 1. The van der Waals surface area contributed by atoms with Crippen molar-refractivity contribution in [2.45, 2.75) is 63.6 Å². The molecule has 2 aromatic heterocycles. The smallest absolute Gasteiger partial charge is 0.326 e. The summed E-state index contributed by atoms with van der Waals surface area (Å²) in [7, 11) is 0. The van der Waals surface area contributed by atoms with Crippen molar-refractivity contribution in [1.82, 2.24) is 24.3 Å². The molecule has 1 saturated heterocycles. The number of rotatable bonds is 7. The van der Waals surface area contributed by atoms with Gasteiger partial charge in [-0.15, -0.1) is 0 Å². The first kappa shape index (κ1) is 20.7. The molecule has 0 unspecified atom stereocenters. The highest BCUT2D eigenvalue weighted by Crippen LogP contribution is 2.42. The van der Waals surface area contributed by atoms with E-state index in [0.717, 1.165) is 19.2 Å². The zero-order valence-corrected chi connectivity index (χ0v) is 18.6. The van der Waals surface area contributed by atoms with Gasteiger partial charge in [0.15, 0.2) is 5.84 Å². The predicted molar refractivity (Wildman–Crippen MR) is 123 cm³/mol. The first-order valence-electron chi connectivity index (χ1n) is 11.4. The van der Waals surface area contributed by atoms with Crippen molar-refractivity contribution in [2.24, 2.45) is 0 Å². The average molecular weight is 435 g/mol. The van der Waals surface area contributed by atoms with E-state index in [-0.39, 0.29) is 24.0 Å². The van der Waals surface area contributed by atoms with Gasteiger partial charge in [0.1, 0.15) is 11.5 Å². The highest BCUT2D eigenvalue weighted by molar-refractivity contribution is 6.01. The Morgan fingerprint density at radius 1 is 1.22 bits per heavy atom. The van der Waals surface area contributed by atoms with Crippen LogP contribution in [0.1, 0.15) is 62.9 Å². The molecule has 3 aliphatic rings. The first-order chi connectivity index (χ1) is 15.5. The molecule has 0 spiro atoms. The molecule has 2 aliphatic carbocycles. The van der Waals surface area contributed by atoms with Gasteiger partial charge in [-0.2, -0.15) is 0 Å². The van der Waals surface area contributed by atoms with E-state index in [9.17, 15) is 4.79 Å². The van der Waals surface area contributed by atoms with Crippen LogP contribution in [0.25, 0.3) is 0 Å². The number of hydrogen-bond acceptors (Lipinski definition) is 5. The number of amides is 2. The molecule has 2 N–H and O–H groups in total. The molecular formula is C23H30N8O. The van der Waals surface area contributed by atoms with Crippen molar-refractivity contribution in [2.75, 3.05) is 18.0 Å². The second kappa shape index (κ2) is 8.03. The number of nitrogens with zero attached hydrogens (tertiary/aromatic N) is 6. The van der Waals surface area contributed by atoms with Crippen LogP contribution in [0.15, 0.2) is 30.7 Å². The van der Waals surface area contributed by atoms with E-state index in [1.165, 1.54) is 18.5 Å². The Morgan fingerprint density at radius 2 is 2.00 bits per heavy atom. The van der Waals surface area contributed by atoms with E-state index in [0.29, 0.717) is 36.6 Å². The van der Waals surface area contributed by atoms with Crippen LogP contribution in [-0.2, 0) is 0 Å². The van der Waals surface area contributed by atoms with Crippen LogP contribution in [0, 0.1) is 10.8 Å². The van der Waals surface area contributed by atoms with E-state index in [1.807, 2.05) is 37.2 Å². The van der Waals surface area contributed by atoms with Gasteiger partial charge in [0.2, 0.25) is 0 Å². The molecule has 0 atom stereocenters. The number of imidazole rings is 1. The summed E-state index contributed by atoms with van der Waals surface area (Å²) in [6, 6.07) is 6.03. The number of pyridine rings is 1. The van der Waals surface area contributed by atoms with E-state index < -0.39 is 0 Å². The molecule has 3 heterocycles. The number of amidine groups is 1. The monoisotopic (exact) mass is 434 g/mol. The maximum Gasteiger partial charge on any atom is 0.326 e. The zero-order chi connectivity index (χ0) is 22.4. The summed E-state index contributed by atoms with van der Waals surface area (Å²) in [6.45, 7) is 5.13. The topological polar surface area (TPSA) is 105 Å². The van der Waals surface area contributed by atoms with Crippen molar-refractivity contribution >= 4 is 24.0 Å². The predicted octanol–water partition coefficient (Wildman–Crippen LogP) is 3.44. The number of carbonyl (C=O) groups excluding carboxylic acids is 1. The first-order valence-corrected chi connectivity index (χ1v) is 11.4. The van der Waals surface area contributed by atoms with Crippen LogP contribution in [-0.4, -0.2) is 67.7 Å². The molecule has 9 heteroatoms. The Hall–Kier alpha value is -3.23. The van der Waals surface area contributed by atoms with Crippen LogP contribution >= 0.6 is 0 Å². The van der Waals surface area contributed by atoms with Crippen LogP contribution in [0.2, 0.25) is 0 Å². The second-order valence-electron chi connectivity index (χ2n) is 9.29. The number of hydrogen-bond donors (Lipinski definition) is 2. The van der Waals surface area contributed by atoms with Crippen molar-refractivity contribution in [3.8, 4) is 0 Å². The van der Waals surface area contributed by atoms with Gasteiger partial charge in [-0.3, -0.25) is 15.7 Å². The molecule has 0 radical (unpaired) electrons. The molecule has 168 valence electrons. The van der Waals surface area contributed by atoms with Crippen molar-refractivity contribution in [3.63, 3.8) is 0 Å². The Morgan fingerprint density at radius 3 is 2.69 bits per heavy atom. The lowest BCUT2D eigenvalue weighted by molar-refractivity contribution is 0.121. The standard InChI is InChI=1S/C23H30N8O/c1-15(2)31(13-24)22(25)19-4-3-5-21(27-19)30-9-8-29(23(30)32)18-10-17(11-18)28-12-20(26-14-28)16-6-7-16/h3-5,12-18,24-25H,6-11H2,1-2H3. The van der Waals surface area contributed by atoms with Crippen molar-refractivity contribution in [3.05, 3.63) is 42.1 Å². The summed E-state index contributed by atoms with van der Waals surface area (Å²) < 4.78 is 2.23. The number of nitrogens with one attached hydrogen (secondary N) is 2. The van der Waals surface area contributed by atoms with Gasteiger partial charge in [0.25, 0.3) is 0 Å². The Bertz CT molecular complexity index is 1040. The number of carbonyl (C=O) groups is 1. The van der Waals surface area contributed by atoms with Crippen molar-refractivity contribution < 1.29 is 4.79 Å².